The number of hydrogen-bond donors (Lipinski definition) is 1. The number of ether oxygens (including phenoxy) is 2. The number of carbonyl (C=O) groups excluding carboxylic acids is 2. The molecule has 1 heterocycles. The first-order valence-electron chi connectivity index (χ1n) is 16.3. The molecule has 0 spiro atoms. The molecule has 0 aliphatic carbocycles. The lowest BCUT2D eigenvalue weighted by molar-refractivity contribution is 0.0762. The van der Waals surface area contributed by atoms with Gasteiger partial charge in [-0.25, -0.2) is 9.18 Å². The van der Waals surface area contributed by atoms with Gasteiger partial charge in [0.15, 0.2) is 5.75 Å². The molecule has 1 N–H and O–H groups in total. The number of hydrogen-bond acceptors (Lipinski definition) is 5. The summed E-state index contributed by atoms with van der Waals surface area (Å²) in [4.78, 5) is 33.9. The van der Waals surface area contributed by atoms with Crippen LogP contribution in [0.15, 0.2) is 108 Å². The normalized spacial score (nSPS) is 13.0. The Morgan fingerprint density at radius 2 is 1.65 bits per heavy atom. The van der Waals surface area contributed by atoms with Crippen molar-refractivity contribution in [3.63, 3.8) is 0 Å². The Kier molecular flexibility index (Phi) is 11.2. The molecule has 0 atom stereocenters. The minimum Gasteiger partial charge on any atom is -0.478 e. The zero-order valence-electron chi connectivity index (χ0n) is 27.9. The molecule has 1 aliphatic heterocycles. The van der Waals surface area contributed by atoms with Gasteiger partial charge in [0, 0.05) is 32.9 Å². The highest BCUT2D eigenvalue weighted by molar-refractivity contribution is 6.76. The van der Waals surface area contributed by atoms with Crippen LogP contribution in [0, 0.1) is 5.82 Å². The van der Waals surface area contributed by atoms with E-state index >= 15 is 0 Å². The SMILES string of the molecule is CC/C=C\C=Nc1cc(NC(=O)OCC[Si](C)(C)C)c2c(c1OC(c1ccccc1)c1ccccc1)C(=O)N(Cc1ccc(F)cc1)C2. The number of benzene rings is 4. The van der Waals surface area contributed by atoms with Crippen LogP contribution in [-0.2, 0) is 17.8 Å². The zero-order chi connectivity index (χ0) is 34.1. The number of rotatable bonds is 13. The van der Waals surface area contributed by atoms with E-state index in [1.165, 1.54) is 12.1 Å². The van der Waals surface area contributed by atoms with Crippen molar-refractivity contribution < 1.29 is 23.5 Å². The van der Waals surface area contributed by atoms with E-state index in [0.717, 1.165) is 29.2 Å². The number of anilines is 1. The molecule has 4 aromatic rings. The maximum atomic E-state index is 14.4. The van der Waals surface area contributed by atoms with E-state index in [1.807, 2.05) is 79.7 Å². The lowest BCUT2D eigenvalue weighted by atomic mass is 10.00. The maximum absolute atomic E-state index is 14.4. The van der Waals surface area contributed by atoms with Crippen molar-refractivity contribution in [2.45, 2.75) is 58.2 Å². The number of halogens is 1. The third-order valence-electron chi connectivity index (χ3n) is 7.94. The van der Waals surface area contributed by atoms with Crippen molar-refractivity contribution in [1.29, 1.82) is 0 Å². The van der Waals surface area contributed by atoms with Crippen molar-refractivity contribution in [1.82, 2.24) is 4.90 Å². The standard InChI is InChI=1S/C39H42FN3O4Si/c1-5-6-13-22-41-34-25-33(42-39(45)46-23-24-48(2,3)4)32-27-43(26-28-18-20-31(40)21-19-28)38(44)35(32)37(34)47-36(29-14-9-7-10-15-29)30-16-11-8-12-17-30/h6-22,25,36H,5,23-24,26-27H2,1-4H3,(H,42,45)/b13-6-,41-22?. The monoisotopic (exact) mass is 663 g/mol. The number of allylic oxidation sites excluding steroid dienone is 2. The highest BCUT2D eigenvalue weighted by Gasteiger charge is 2.36. The predicted octanol–water partition coefficient (Wildman–Crippen LogP) is 9.71. The van der Waals surface area contributed by atoms with Gasteiger partial charge in [0.05, 0.1) is 17.9 Å². The summed E-state index contributed by atoms with van der Waals surface area (Å²) in [7, 11) is -1.42. The van der Waals surface area contributed by atoms with Gasteiger partial charge >= 0.3 is 6.09 Å². The second-order valence-corrected chi connectivity index (χ2v) is 18.5. The van der Waals surface area contributed by atoms with Gasteiger partial charge in [0.25, 0.3) is 5.91 Å². The molecule has 0 radical (unpaired) electrons. The number of aliphatic imine (C=N–C) groups is 1. The van der Waals surface area contributed by atoms with Gasteiger partial charge in [-0.15, -0.1) is 0 Å². The molecule has 7 nitrogen and oxygen atoms in total. The van der Waals surface area contributed by atoms with Crippen LogP contribution in [0.25, 0.3) is 0 Å². The fourth-order valence-electron chi connectivity index (χ4n) is 5.38. The molecule has 0 fully saturated rings. The summed E-state index contributed by atoms with van der Waals surface area (Å²) in [5.41, 5.74) is 4.31. The molecule has 0 bridgehead atoms. The summed E-state index contributed by atoms with van der Waals surface area (Å²) >= 11 is 0. The van der Waals surface area contributed by atoms with Gasteiger partial charge in [0.1, 0.15) is 17.6 Å². The Hall–Kier alpha value is -5.02. The van der Waals surface area contributed by atoms with Crippen molar-refractivity contribution in [3.05, 3.63) is 137 Å². The highest BCUT2D eigenvalue weighted by Crippen LogP contribution is 2.46. The lowest BCUT2D eigenvalue weighted by Crippen LogP contribution is -2.24. The minimum atomic E-state index is -1.42. The van der Waals surface area contributed by atoms with Crippen molar-refractivity contribution >= 4 is 37.7 Å². The molecule has 0 aromatic heterocycles. The second kappa shape index (κ2) is 15.7. The van der Waals surface area contributed by atoms with Gasteiger partial charge in [-0.05, 0) is 53.4 Å². The van der Waals surface area contributed by atoms with Gasteiger partial charge in [-0.1, -0.05) is 105 Å². The first kappa shape index (κ1) is 34.3. The highest BCUT2D eigenvalue weighted by atomic mass is 28.3. The summed E-state index contributed by atoms with van der Waals surface area (Å²) in [5.74, 6) is -0.314. The summed E-state index contributed by atoms with van der Waals surface area (Å²) in [5, 5.41) is 2.91. The molecule has 5 rings (SSSR count). The van der Waals surface area contributed by atoms with E-state index in [9.17, 15) is 14.0 Å². The Bertz CT molecular complexity index is 1730. The summed E-state index contributed by atoms with van der Waals surface area (Å²) in [6.07, 6.45) is 5.14. The number of carbonyl (C=O) groups is 2. The number of nitrogens with one attached hydrogen (secondary N) is 1. The molecule has 9 heteroatoms. The minimum absolute atomic E-state index is 0.202. The van der Waals surface area contributed by atoms with Crippen molar-refractivity contribution in [3.8, 4) is 5.75 Å². The van der Waals surface area contributed by atoms with Crippen LogP contribution in [0.4, 0.5) is 20.6 Å². The van der Waals surface area contributed by atoms with E-state index < -0.39 is 20.3 Å². The predicted molar refractivity (Wildman–Crippen MR) is 192 cm³/mol. The zero-order valence-corrected chi connectivity index (χ0v) is 28.9. The first-order chi connectivity index (χ1) is 23.1. The fourth-order valence-corrected chi connectivity index (χ4v) is 6.10. The van der Waals surface area contributed by atoms with Gasteiger partial charge in [0.2, 0.25) is 0 Å². The molecular weight excluding hydrogens is 622 g/mol. The maximum Gasteiger partial charge on any atom is 0.411 e. The Morgan fingerprint density at radius 3 is 2.25 bits per heavy atom. The molecule has 0 saturated heterocycles. The smallest absolute Gasteiger partial charge is 0.411 e. The second-order valence-electron chi connectivity index (χ2n) is 12.9. The van der Waals surface area contributed by atoms with Gasteiger partial charge in [-0.3, -0.25) is 15.1 Å². The van der Waals surface area contributed by atoms with Crippen LogP contribution in [0.5, 0.6) is 5.75 Å². The molecule has 0 saturated carbocycles. The molecule has 4 aromatic carbocycles. The topological polar surface area (TPSA) is 80.2 Å². The van der Waals surface area contributed by atoms with E-state index in [2.05, 4.69) is 25.0 Å². The van der Waals surface area contributed by atoms with E-state index in [1.54, 1.807) is 29.3 Å². The van der Waals surface area contributed by atoms with Gasteiger partial charge < -0.3 is 14.4 Å². The van der Waals surface area contributed by atoms with E-state index in [4.69, 9.17) is 14.5 Å². The largest absolute Gasteiger partial charge is 0.478 e. The van der Waals surface area contributed by atoms with E-state index in [0.29, 0.717) is 34.9 Å². The van der Waals surface area contributed by atoms with Crippen molar-refractivity contribution in [2.75, 3.05) is 11.9 Å². The third-order valence-corrected chi connectivity index (χ3v) is 9.64. The Labute approximate surface area is 283 Å². The molecule has 0 unspecified atom stereocenters. The Balaban J connectivity index is 1.61. The molecular formula is C39H42FN3O4Si. The third kappa shape index (κ3) is 8.86. The number of fused-ring (bicyclic) bond motifs is 1. The molecule has 1 aliphatic rings. The molecule has 2 amide bonds. The Morgan fingerprint density at radius 1 is 1.00 bits per heavy atom. The lowest BCUT2D eigenvalue weighted by Gasteiger charge is -2.23. The molecule has 248 valence electrons. The fraction of sp³-hybridized carbons (Fsp3) is 0.256. The quantitative estimate of drug-likeness (QED) is 0.114. The van der Waals surface area contributed by atoms with Crippen LogP contribution in [0.3, 0.4) is 0 Å². The average molecular weight is 664 g/mol. The number of amides is 2. The summed E-state index contributed by atoms with van der Waals surface area (Å²) in [6.45, 7) is 9.44. The molecule has 48 heavy (non-hydrogen) atoms. The van der Waals surface area contributed by atoms with Crippen LogP contribution in [-0.4, -0.2) is 37.8 Å². The first-order valence-corrected chi connectivity index (χ1v) is 20.0. The number of nitrogens with zero attached hydrogens (tertiary/aromatic N) is 2. The van der Waals surface area contributed by atoms with E-state index in [-0.39, 0.29) is 24.8 Å². The van der Waals surface area contributed by atoms with Crippen LogP contribution in [0.1, 0.15) is 52.1 Å². The van der Waals surface area contributed by atoms with Crippen molar-refractivity contribution in [2.24, 2.45) is 4.99 Å². The van der Waals surface area contributed by atoms with Crippen LogP contribution >= 0.6 is 0 Å². The average Bonchev–Trinajstić information content (AvgIpc) is 3.39. The van der Waals surface area contributed by atoms with Crippen LogP contribution < -0.4 is 10.1 Å². The summed E-state index contributed by atoms with van der Waals surface area (Å²) < 4.78 is 26.2. The van der Waals surface area contributed by atoms with Crippen LogP contribution in [0.2, 0.25) is 25.7 Å². The van der Waals surface area contributed by atoms with Gasteiger partial charge in [-0.2, -0.15) is 0 Å². The summed E-state index contributed by atoms with van der Waals surface area (Å²) in [6, 6.07) is 28.3.